The maximum absolute atomic E-state index is 13.9. The molecule has 0 radical (unpaired) electrons. The number of nitrogens with one attached hydrogen (secondary N) is 2. The van der Waals surface area contributed by atoms with Crippen molar-refractivity contribution in [1.29, 1.82) is 0 Å². The smallest absolute Gasteiger partial charge is 0.254 e. The van der Waals surface area contributed by atoms with Gasteiger partial charge in [0.05, 0.1) is 24.2 Å². The molecule has 7 heteroatoms. The molecule has 0 unspecified atom stereocenters. The lowest BCUT2D eigenvalue weighted by molar-refractivity contribution is -0.115. The summed E-state index contributed by atoms with van der Waals surface area (Å²) in [5, 5.41) is 9.76. The van der Waals surface area contributed by atoms with E-state index in [0.717, 1.165) is 16.8 Å². The average molecular weight is 364 g/mol. The van der Waals surface area contributed by atoms with Gasteiger partial charge >= 0.3 is 0 Å². The molecule has 1 aliphatic rings. The van der Waals surface area contributed by atoms with E-state index in [0.29, 0.717) is 12.0 Å². The van der Waals surface area contributed by atoms with Crippen LogP contribution in [0.15, 0.2) is 54.9 Å². The highest BCUT2D eigenvalue weighted by Gasteiger charge is 2.20. The van der Waals surface area contributed by atoms with Crippen molar-refractivity contribution in [3.8, 4) is 5.69 Å². The molecule has 1 aliphatic heterocycles. The zero-order valence-corrected chi connectivity index (χ0v) is 14.6. The molecule has 3 aromatic rings. The summed E-state index contributed by atoms with van der Waals surface area (Å²) >= 11 is 0. The summed E-state index contributed by atoms with van der Waals surface area (Å²) in [6.07, 6.45) is 3.24. The molecular formula is C20H17FN4O2. The van der Waals surface area contributed by atoms with E-state index >= 15 is 0 Å². The molecular weight excluding hydrogens is 347 g/mol. The Morgan fingerprint density at radius 3 is 2.93 bits per heavy atom. The largest absolute Gasteiger partial charge is 0.345 e. The van der Waals surface area contributed by atoms with Gasteiger partial charge in [0, 0.05) is 11.9 Å². The van der Waals surface area contributed by atoms with Gasteiger partial charge in [-0.2, -0.15) is 5.10 Å². The topological polar surface area (TPSA) is 76.0 Å². The first kappa shape index (κ1) is 17.0. The zero-order valence-electron chi connectivity index (χ0n) is 14.6. The van der Waals surface area contributed by atoms with Gasteiger partial charge in [0.2, 0.25) is 5.91 Å². The van der Waals surface area contributed by atoms with Gasteiger partial charge in [-0.3, -0.25) is 9.59 Å². The van der Waals surface area contributed by atoms with Gasteiger partial charge in [0.25, 0.3) is 5.91 Å². The van der Waals surface area contributed by atoms with E-state index in [1.54, 1.807) is 18.2 Å². The Morgan fingerprint density at radius 1 is 1.30 bits per heavy atom. The highest BCUT2D eigenvalue weighted by atomic mass is 19.1. The van der Waals surface area contributed by atoms with Gasteiger partial charge in [-0.05, 0) is 36.2 Å². The molecule has 2 aromatic carbocycles. The van der Waals surface area contributed by atoms with Crippen molar-refractivity contribution >= 4 is 17.5 Å². The van der Waals surface area contributed by atoms with Gasteiger partial charge in [0.15, 0.2) is 0 Å². The number of amides is 2. The summed E-state index contributed by atoms with van der Waals surface area (Å²) in [4.78, 5) is 24.0. The predicted octanol–water partition coefficient (Wildman–Crippen LogP) is 3.00. The predicted molar refractivity (Wildman–Crippen MR) is 98.2 cm³/mol. The fraction of sp³-hybridized carbons (Fsp3) is 0.150. The van der Waals surface area contributed by atoms with Gasteiger partial charge in [-0.15, -0.1) is 0 Å². The van der Waals surface area contributed by atoms with Crippen LogP contribution in [0.1, 0.15) is 34.5 Å². The van der Waals surface area contributed by atoms with Crippen LogP contribution >= 0.6 is 0 Å². The molecule has 136 valence electrons. The number of rotatable bonds is 4. The Hall–Kier alpha value is -3.48. The second-order valence-electron chi connectivity index (χ2n) is 6.46. The van der Waals surface area contributed by atoms with Crippen molar-refractivity contribution in [1.82, 2.24) is 15.1 Å². The van der Waals surface area contributed by atoms with Crippen molar-refractivity contribution in [2.75, 3.05) is 5.32 Å². The second-order valence-corrected chi connectivity index (χ2v) is 6.46. The number of hydrogen-bond donors (Lipinski definition) is 2. The van der Waals surface area contributed by atoms with Crippen LogP contribution in [0.3, 0.4) is 0 Å². The summed E-state index contributed by atoms with van der Waals surface area (Å²) in [6, 6.07) is 11.6. The third-order valence-electron chi connectivity index (χ3n) is 4.55. The van der Waals surface area contributed by atoms with E-state index in [9.17, 15) is 14.0 Å². The minimum atomic E-state index is -0.415. The van der Waals surface area contributed by atoms with Crippen LogP contribution in [0.5, 0.6) is 0 Å². The number of para-hydroxylation sites is 1. The molecule has 2 N–H and O–H groups in total. The van der Waals surface area contributed by atoms with Gasteiger partial charge in [0.1, 0.15) is 11.5 Å². The van der Waals surface area contributed by atoms with E-state index in [4.69, 9.17) is 0 Å². The molecule has 0 saturated carbocycles. The Labute approximate surface area is 155 Å². The summed E-state index contributed by atoms with van der Waals surface area (Å²) in [5.74, 6) is -0.749. The van der Waals surface area contributed by atoms with Crippen LogP contribution in [0.2, 0.25) is 0 Å². The highest BCUT2D eigenvalue weighted by molar-refractivity contribution is 5.99. The Bertz CT molecular complexity index is 1040. The SMILES string of the molecule is C[C@@H](NC(=O)c1cnn(-c2ccccc2F)c1)c1ccc2c(c1)CC(=O)N2. The van der Waals surface area contributed by atoms with Crippen molar-refractivity contribution in [3.05, 3.63) is 77.4 Å². The van der Waals surface area contributed by atoms with Crippen molar-refractivity contribution in [2.24, 2.45) is 0 Å². The molecule has 0 spiro atoms. The number of nitrogens with zero attached hydrogens (tertiary/aromatic N) is 2. The van der Waals surface area contributed by atoms with Crippen LogP contribution in [0.25, 0.3) is 5.69 Å². The standard InChI is InChI=1S/C20H17FN4O2/c1-12(13-6-7-17-14(8-13)9-19(26)24-17)23-20(27)15-10-22-25(11-15)18-5-3-2-4-16(18)21/h2-8,10-12H,9H2,1H3,(H,23,27)(H,24,26)/t12-/m1/s1. The number of fused-ring (bicyclic) bond motifs is 1. The number of benzene rings is 2. The Kier molecular flexibility index (Phi) is 4.19. The van der Waals surface area contributed by atoms with Crippen LogP contribution in [-0.4, -0.2) is 21.6 Å². The van der Waals surface area contributed by atoms with Crippen LogP contribution < -0.4 is 10.6 Å². The maximum atomic E-state index is 13.9. The van der Waals surface area contributed by atoms with E-state index in [1.165, 1.54) is 23.1 Å². The van der Waals surface area contributed by atoms with E-state index in [1.807, 2.05) is 25.1 Å². The molecule has 2 amide bonds. The van der Waals surface area contributed by atoms with Gasteiger partial charge in [-0.25, -0.2) is 9.07 Å². The summed E-state index contributed by atoms with van der Waals surface area (Å²) < 4.78 is 15.2. The highest BCUT2D eigenvalue weighted by Crippen LogP contribution is 2.26. The minimum absolute atomic E-state index is 0.0283. The van der Waals surface area contributed by atoms with E-state index < -0.39 is 5.82 Å². The van der Waals surface area contributed by atoms with E-state index in [2.05, 4.69) is 15.7 Å². The van der Waals surface area contributed by atoms with Crippen LogP contribution in [0.4, 0.5) is 10.1 Å². The van der Waals surface area contributed by atoms with Crippen LogP contribution in [-0.2, 0) is 11.2 Å². The number of aromatic nitrogens is 2. The molecule has 4 rings (SSSR count). The van der Waals surface area contributed by atoms with Crippen molar-refractivity contribution in [3.63, 3.8) is 0 Å². The fourth-order valence-corrected chi connectivity index (χ4v) is 3.09. The van der Waals surface area contributed by atoms with E-state index in [-0.39, 0.29) is 23.5 Å². The molecule has 1 atom stereocenters. The third kappa shape index (κ3) is 3.31. The lowest BCUT2D eigenvalue weighted by Crippen LogP contribution is -2.26. The second kappa shape index (κ2) is 6.68. The zero-order chi connectivity index (χ0) is 19.0. The molecule has 27 heavy (non-hydrogen) atoms. The minimum Gasteiger partial charge on any atom is -0.345 e. The summed E-state index contributed by atoms with van der Waals surface area (Å²) in [7, 11) is 0. The van der Waals surface area contributed by atoms with Gasteiger partial charge in [-0.1, -0.05) is 24.3 Å². The molecule has 0 bridgehead atoms. The normalized spacial score (nSPS) is 13.8. The first-order valence-corrected chi connectivity index (χ1v) is 8.54. The lowest BCUT2D eigenvalue weighted by Gasteiger charge is -2.14. The van der Waals surface area contributed by atoms with Crippen molar-refractivity contribution in [2.45, 2.75) is 19.4 Å². The Morgan fingerprint density at radius 2 is 2.11 bits per heavy atom. The molecule has 0 aliphatic carbocycles. The fourth-order valence-electron chi connectivity index (χ4n) is 3.09. The molecule has 6 nitrogen and oxygen atoms in total. The first-order chi connectivity index (χ1) is 13.0. The summed E-state index contributed by atoms with van der Waals surface area (Å²) in [6.45, 7) is 1.87. The van der Waals surface area contributed by atoms with Crippen molar-refractivity contribution < 1.29 is 14.0 Å². The third-order valence-corrected chi connectivity index (χ3v) is 4.55. The number of carbonyl (C=O) groups is 2. The molecule has 1 aromatic heterocycles. The van der Waals surface area contributed by atoms with Gasteiger partial charge < -0.3 is 10.6 Å². The maximum Gasteiger partial charge on any atom is 0.254 e. The number of carbonyl (C=O) groups excluding carboxylic acids is 2. The number of hydrogen-bond acceptors (Lipinski definition) is 3. The number of anilines is 1. The molecule has 0 saturated heterocycles. The molecule has 0 fully saturated rings. The Balaban J connectivity index is 1.49. The average Bonchev–Trinajstić information content (AvgIpc) is 3.27. The monoisotopic (exact) mass is 364 g/mol. The quantitative estimate of drug-likeness (QED) is 0.747. The summed E-state index contributed by atoms with van der Waals surface area (Å²) in [5.41, 5.74) is 3.25. The molecule has 2 heterocycles. The van der Waals surface area contributed by atoms with Crippen LogP contribution in [0, 0.1) is 5.82 Å². The lowest BCUT2D eigenvalue weighted by atomic mass is 10.0. The first-order valence-electron chi connectivity index (χ1n) is 8.54. The number of halogens is 1.